The molecule has 27 heavy (non-hydrogen) atoms. The molecule has 1 aliphatic carbocycles. The molecule has 5 heteroatoms. The van der Waals surface area contributed by atoms with E-state index in [2.05, 4.69) is 40.2 Å². The van der Waals surface area contributed by atoms with Crippen molar-refractivity contribution in [3.8, 4) is 0 Å². The van der Waals surface area contributed by atoms with Crippen LogP contribution in [-0.4, -0.2) is 47.8 Å². The molecule has 0 atom stereocenters. The Balaban J connectivity index is 1.31. The molecule has 0 aromatic heterocycles. The second-order valence-corrected chi connectivity index (χ2v) is 8.87. The summed E-state index contributed by atoms with van der Waals surface area (Å²) in [4.78, 5) is 28.8. The molecule has 3 rings (SSSR count). The van der Waals surface area contributed by atoms with Gasteiger partial charge in [-0.15, -0.1) is 0 Å². The van der Waals surface area contributed by atoms with E-state index in [1.165, 1.54) is 31.2 Å². The number of rotatable bonds is 7. The molecule has 148 valence electrons. The number of nitrogens with zero attached hydrogens (tertiary/aromatic N) is 2. The molecule has 1 aliphatic heterocycles. The number of halogens is 1. The molecule has 1 heterocycles. The summed E-state index contributed by atoms with van der Waals surface area (Å²) in [5, 5.41) is 0. The van der Waals surface area contributed by atoms with Gasteiger partial charge in [-0.2, -0.15) is 0 Å². The van der Waals surface area contributed by atoms with Crippen LogP contribution in [0.5, 0.6) is 0 Å². The van der Waals surface area contributed by atoms with E-state index in [-0.39, 0.29) is 5.91 Å². The van der Waals surface area contributed by atoms with Gasteiger partial charge in [0, 0.05) is 43.5 Å². The van der Waals surface area contributed by atoms with Gasteiger partial charge in [-0.05, 0) is 55.7 Å². The third-order valence-corrected chi connectivity index (χ3v) is 6.47. The van der Waals surface area contributed by atoms with Crippen molar-refractivity contribution in [2.24, 2.45) is 5.92 Å². The van der Waals surface area contributed by atoms with Gasteiger partial charge in [0.1, 0.15) is 0 Å². The van der Waals surface area contributed by atoms with Crippen molar-refractivity contribution in [3.05, 3.63) is 34.3 Å². The highest BCUT2D eigenvalue weighted by Gasteiger charge is 2.26. The number of carbonyl (C=O) groups excluding carboxylic acids is 2. The van der Waals surface area contributed by atoms with E-state index in [9.17, 15) is 9.59 Å². The molecule has 1 aromatic rings. The minimum absolute atomic E-state index is 0.244. The number of piperazine rings is 1. The Kier molecular flexibility index (Phi) is 7.74. The predicted molar refractivity (Wildman–Crippen MR) is 111 cm³/mol. The lowest BCUT2D eigenvalue weighted by molar-refractivity contribution is -0.140. The molecule has 1 saturated heterocycles. The largest absolute Gasteiger partial charge is 0.339 e. The van der Waals surface area contributed by atoms with Gasteiger partial charge in [-0.1, -0.05) is 40.9 Å². The highest BCUT2D eigenvalue weighted by atomic mass is 79.9. The third kappa shape index (κ3) is 6.34. The number of amides is 2. The maximum atomic E-state index is 12.4. The summed E-state index contributed by atoms with van der Waals surface area (Å²) < 4.78 is 1.10. The Morgan fingerprint density at radius 1 is 0.889 bits per heavy atom. The SMILES string of the molecule is O=C(CCCCc1ccc(Br)cc1)N1CCN(C(=O)CC2CCCC2)CC1. The second kappa shape index (κ2) is 10.3. The van der Waals surface area contributed by atoms with Crippen molar-refractivity contribution in [1.82, 2.24) is 9.80 Å². The summed E-state index contributed by atoms with van der Waals surface area (Å²) in [6.45, 7) is 2.80. The molecular weight excluding hydrogens is 404 g/mol. The van der Waals surface area contributed by atoms with Gasteiger partial charge in [-0.3, -0.25) is 9.59 Å². The molecule has 0 radical (unpaired) electrons. The summed E-state index contributed by atoms with van der Waals surface area (Å²) in [6, 6.07) is 8.39. The number of carbonyl (C=O) groups is 2. The number of hydrogen-bond donors (Lipinski definition) is 0. The van der Waals surface area contributed by atoms with Crippen molar-refractivity contribution in [1.29, 1.82) is 0 Å². The van der Waals surface area contributed by atoms with Crippen LogP contribution >= 0.6 is 15.9 Å². The van der Waals surface area contributed by atoms with Crippen molar-refractivity contribution < 1.29 is 9.59 Å². The van der Waals surface area contributed by atoms with E-state index in [4.69, 9.17) is 0 Å². The first kappa shape index (κ1) is 20.4. The molecule has 2 fully saturated rings. The first-order valence-corrected chi connectivity index (χ1v) is 11.2. The van der Waals surface area contributed by atoms with Gasteiger partial charge < -0.3 is 9.80 Å². The van der Waals surface area contributed by atoms with Crippen molar-refractivity contribution in [3.63, 3.8) is 0 Å². The average molecular weight is 435 g/mol. The average Bonchev–Trinajstić information content (AvgIpc) is 3.19. The molecule has 0 N–H and O–H groups in total. The van der Waals surface area contributed by atoms with E-state index in [0.29, 0.717) is 50.8 Å². The fourth-order valence-electron chi connectivity index (χ4n) is 4.21. The van der Waals surface area contributed by atoms with Crippen molar-refractivity contribution in [2.75, 3.05) is 26.2 Å². The smallest absolute Gasteiger partial charge is 0.222 e. The third-order valence-electron chi connectivity index (χ3n) is 5.94. The first-order chi connectivity index (χ1) is 13.1. The van der Waals surface area contributed by atoms with Gasteiger partial charge in [0.25, 0.3) is 0 Å². The highest BCUT2D eigenvalue weighted by Crippen LogP contribution is 2.28. The van der Waals surface area contributed by atoms with Crippen LogP contribution in [0.2, 0.25) is 0 Å². The Morgan fingerprint density at radius 3 is 2.11 bits per heavy atom. The molecule has 4 nitrogen and oxygen atoms in total. The van der Waals surface area contributed by atoms with Gasteiger partial charge in [0.2, 0.25) is 11.8 Å². The summed E-state index contributed by atoms with van der Waals surface area (Å²) >= 11 is 3.45. The molecule has 0 bridgehead atoms. The zero-order valence-corrected chi connectivity index (χ0v) is 17.8. The monoisotopic (exact) mass is 434 g/mol. The standard InChI is InChI=1S/C22H31BrN2O2/c23-20-11-9-18(10-12-20)5-3-4-8-21(26)24-13-15-25(16-14-24)22(27)17-19-6-1-2-7-19/h9-12,19H,1-8,13-17H2. The summed E-state index contributed by atoms with van der Waals surface area (Å²) in [5.41, 5.74) is 1.32. The summed E-state index contributed by atoms with van der Waals surface area (Å²) in [5.74, 6) is 1.14. The quantitative estimate of drug-likeness (QED) is 0.596. The van der Waals surface area contributed by atoms with Crippen molar-refractivity contribution >= 4 is 27.7 Å². The van der Waals surface area contributed by atoms with Crippen LogP contribution in [0.3, 0.4) is 0 Å². The minimum atomic E-state index is 0.244. The van der Waals surface area contributed by atoms with E-state index < -0.39 is 0 Å². The van der Waals surface area contributed by atoms with Crippen molar-refractivity contribution in [2.45, 2.75) is 57.8 Å². The maximum absolute atomic E-state index is 12.4. The lowest BCUT2D eigenvalue weighted by atomic mass is 10.0. The van der Waals surface area contributed by atoms with Gasteiger partial charge in [0.15, 0.2) is 0 Å². The van der Waals surface area contributed by atoms with Gasteiger partial charge in [-0.25, -0.2) is 0 Å². The van der Waals surface area contributed by atoms with E-state index in [1.54, 1.807) is 0 Å². The number of unbranched alkanes of at least 4 members (excludes halogenated alkanes) is 1. The van der Waals surface area contributed by atoms with Crippen LogP contribution < -0.4 is 0 Å². The lowest BCUT2D eigenvalue weighted by Crippen LogP contribution is -2.50. The Labute approximate surface area is 171 Å². The molecule has 0 unspecified atom stereocenters. The van der Waals surface area contributed by atoms with Crippen LogP contribution in [0.15, 0.2) is 28.7 Å². The zero-order chi connectivity index (χ0) is 19.1. The zero-order valence-electron chi connectivity index (χ0n) is 16.2. The molecular formula is C22H31BrN2O2. The van der Waals surface area contributed by atoms with Gasteiger partial charge in [0.05, 0.1) is 0 Å². The molecule has 2 aliphatic rings. The van der Waals surface area contributed by atoms with Crippen LogP contribution in [0.25, 0.3) is 0 Å². The first-order valence-electron chi connectivity index (χ1n) is 10.4. The van der Waals surface area contributed by atoms with Gasteiger partial charge >= 0.3 is 0 Å². The van der Waals surface area contributed by atoms with Crippen LogP contribution in [0, 0.1) is 5.92 Å². The summed E-state index contributed by atoms with van der Waals surface area (Å²) in [6.07, 6.45) is 9.29. The molecule has 1 saturated carbocycles. The topological polar surface area (TPSA) is 40.6 Å². The molecule has 2 amide bonds. The number of hydrogen-bond acceptors (Lipinski definition) is 2. The Morgan fingerprint density at radius 2 is 1.48 bits per heavy atom. The fourth-order valence-corrected chi connectivity index (χ4v) is 4.47. The Hall–Kier alpha value is -1.36. The normalized spacial score (nSPS) is 18.1. The molecule has 1 aromatic carbocycles. The number of aryl methyl sites for hydroxylation is 1. The van der Waals surface area contributed by atoms with E-state index in [1.807, 2.05) is 9.80 Å². The minimum Gasteiger partial charge on any atom is -0.339 e. The van der Waals surface area contributed by atoms with E-state index in [0.717, 1.165) is 23.7 Å². The van der Waals surface area contributed by atoms with Crippen LogP contribution in [0.1, 0.15) is 56.9 Å². The number of benzene rings is 1. The molecule has 0 spiro atoms. The fraction of sp³-hybridized carbons (Fsp3) is 0.636. The van der Waals surface area contributed by atoms with E-state index >= 15 is 0 Å². The highest BCUT2D eigenvalue weighted by molar-refractivity contribution is 9.10. The van der Waals surface area contributed by atoms with Crippen LogP contribution in [-0.2, 0) is 16.0 Å². The summed E-state index contributed by atoms with van der Waals surface area (Å²) in [7, 11) is 0. The second-order valence-electron chi connectivity index (χ2n) is 7.95. The maximum Gasteiger partial charge on any atom is 0.222 e. The predicted octanol–water partition coefficient (Wildman–Crippen LogP) is 4.41. The lowest BCUT2D eigenvalue weighted by Gasteiger charge is -2.35. The Bertz CT molecular complexity index is 618. The van der Waals surface area contributed by atoms with Crippen LogP contribution in [0.4, 0.5) is 0 Å².